The fraction of sp³-hybridized carbons (Fsp3) is 1.00. The van der Waals surface area contributed by atoms with E-state index in [-0.39, 0.29) is 16.7 Å². The van der Waals surface area contributed by atoms with E-state index >= 15 is 0 Å². The predicted molar refractivity (Wildman–Crippen MR) is 140 cm³/mol. The van der Waals surface area contributed by atoms with Crippen LogP contribution in [-0.2, 0) is 18.9 Å². The van der Waals surface area contributed by atoms with Gasteiger partial charge >= 0.3 is 0 Å². The van der Waals surface area contributed by atoms with Crippen molar-refractivity contribution in [3.8, 4) is 0 Å². The third kappa shape index (κ3) is 16.9. The number of hydrogen-bond acceptors (Lipinski definition) is 6. The summed E-state index contributed by atoms with van der Waals surface area (Å²) in [6.07, 6.45) is 7.19. The van der Waals surface area contributed by atoms with Crippen molar-refractivity contribution in [3.05, 3.63) is 0 Å². The van der Waals surface area contributed by atoms with Crippen LogP contribution < -0.4 is 11.1 Å². The Kier molecular flexibility index (Phi) is 18.0. The first kappa shape index (κ1) is 32.8. The largest absolute Gasteiger partial charge is 0.380 e. The Labute approximate surface area is 206 Å². The van der Waals surface area contributed by atoms with Crippen LogP contribution in [0.25, 0.3) is 0 Å². The minimum Gasteiger partial charge on any atom is -0.380 e. The molecule has 0 fully saturated rings. The van der Waals surface area contributed by atoms with E-state index in [0.717, 1.165) is 70.8 Å². The summed E-state index contributed by atoms with van der Waals surface area (Å²) in [6, 6.07) is 0. The minimum absolute atomic E-state index is 0.0481. The SMILES string of the molecule is CCC(C)CCOC(C)(CC)CCOCCNC(C)(CC)CCOC(C)(C)CCOCCN. The molecule has 3 N–H and O–H groups in total. The molecule has 0 aliphatic carbocycles. The van der Waals surface area contributed by atoms with E-state index < -0.39 is 0 Å². The van der Waals surface area contributed by atoms with Crippen LogP contribution >= 0.6 is 0 Å². The van der Waals surface area contributed by atoms with E-state index in [9.17, 15) is 0 Å². The van der Waals surface area contributed by atoms with Crippen molar-refractivity contribution < 1.29 is 18.9 Å². The molecule has 0 aliphatic rings. The van der Waals surface area contributed by atoms with Crippen molar-refractivity contribution >= 4 is 0 Å². The number of rotatable bonds is 23. The van der Waals surface area contributed by atoms with E-state index in [1.807, 2.05) is 0 Å². The molecule has 0 amide bonds. The molecule has 0 saturated heterocycles. The molecule has 3 atom stereocenters. The minimum atomic E-state index is -0.186. The Morgan fingerprint density at radius 2 is 1.42 bits per heavy atom. The Morgan fingerprint density at radius 3 is 2.03 bits per heavy atom. The first-order chi connectivity index (χ1) is 15.6. The molecule has 0 saturated carbocycles. The topological polar surface area (TPSA) is 75.0 Å². The average molecular weight is 475 g/mol. The van der Waals surface area contributed by atoms with E-state index in [1.54, 1.807) is 0 Å². The molecule has 0 aliphatic heterocycles. The molecule has 0 bridgehead atoms. The first-order valence-corrected chi connectivity index (χ1v) is 13.4. The van der Waals surface area contributed by atoms with Crippen LogP contribution in [0.2, 0.25) is 0 Å². The fourth-order valence-corrected chi connectivity index (χ4v) is 3.40. The van der Waals surface area contributed by atoms with Crippen LogP contribution in [0.5, 0.6) is 0 Å². The van der Waals surface area contributed by atoms with Crippen LogP contribution in [0, 0.1) is 5.92 Å². The monoisotopic (exact) mass is 474 g/mol. The summed E-state index contributed by atoms with van der Waals surface area (Å²) >= 11 is 0. The van der Waals surface area contributed by atoms with Crippen molar-refractivity contribution in [2.75, 3.05) is 52.7 Å². The van der Waals surface area contributed by atoms with E-state index in [4.69, 9.17) is 24.7 Å². The lowest BCUT2D eigenvalue weighted by Gasteiger charge is -2.33. The third-order valence-electron chi connectivity index (χ3n) is 7.12. The smallest absolute Gasteiger partial charge is 0.0673 e. The van der Waals surface area contributed by atoms with Gasteiger partial charge in [-0.15, -0.1) is 0 Å². The van der Waals surface area contributed by atoms with Gasteiger partial charge in [-0.1, -0.05) is 34.1 Å². The van der Waals surface area contributed by atoms with Gasteiger partial charge in [-0.2, -0.15) is 0 Å². The highest BCUT2D eigenvalue weighted by atomic mass is 16.5. The molecule has 200 valence electrons. The van der Waals surface area contributed by atoms with Crippen molar-refractivity contribution in [1.82, 2.24) is 5.32 Å². The van der Waals surface area contributed by atoms with E-state index in [0.29, 0.717) is 26.4 Å². The summed E-state index contributed by atoms with van der Waals surface area (Å²) in [7, 11) is 0. The predicted octanol–water partition coefficient (Wildman–Crippen LogP) is 5.32. The summed E-state index contributed by atoms with van der Waals surface area (Å²) in [6.45, 7) is 23.4. The average Bonchev–Trinajstić information content (AvgIpc) is 2.78. The second-order valence-corrected chi connectivity index (χ2v) is 10.7. The van der Waals surface area contributed by atoms with Gasteiger partial charge in [0.15, 0.2) is 0 Å². The highest BCUT2D eigenvalue weighted by Gasteiger charge is 2.25. The number of ether oxygens (including phenoxy) is 4. The van der Waals surface area contributed by atoms with E-state index in [2.05, 4.69) is 60.7 Å². The number of hydrogen-bond donors (Lipinski definition) is 2. The molecule has 0 aromatic heterocycles. The lowest BCUT2D eigenvalue weighted by molar-refractivity contribution is -0.0601. The number of nitrogens with two attached hydrogens (primary N) is 1. The molecule has 0 rings (SSSR count). The van der Waals surface area contributed by atoms with Gasteiger partial charge in [0.05, 0.1) is 24.4 Å². The summed E-state index contributed by atoms with van der Waals surface area (Å²) in [5, 5.41) is 3.68. The molecule has 33 heavy (non-hydrogen) atoms. The lowest BCUT2D eigenvalue weighted by Crippen LogP contribution is -2.45. The molecule has 0 aromatic rings. The molecule has 0 radical (unpaired) electrons. The van der Waals surface area contributed by atoms with Gasteiger partial charge in [-0.05, 0) is 72.1 Å². The maximum Gasteiger partial charge on any atom is 0.0673 e. The van der Waals surface area contributed by atoms with Crippen LogP contribution in [0.4, 0.5) is 0 Å². The molecular weight excluding hydrogens is 416 g/mol. The van der Waals surface area contributed by atoms with Crippen molar-refractivity contribution in [2.24, 2.45) is 11.7 Å². The zero-order chi connectivity index (χ0) is 25.2. The second kappa shape index (κ2) is 18.1. The van der Waals surface area contributed by atoms with Crippen LogP contribution in [0.3, 0.4) is 0 Å². The Morgan fingerprint density at radius 1 is 0.758 bits per heavy atom. The maximum absolute atomic E-state index is 6.21. The standard InChI is InChI=1S/C27H58N2O4/c1-9-24(4)12-18-33-27(8,11-3)15-20-31-23-17-29-26(7,10-2)14-21-32-25(5,6)13-19-30-22-16-28/h24,29H,9-23,28H2,1-8H3. The maximum atomic E-state index is 6.21. The zero-order valence-corrected chi connectivity index (χ0v) is 23.4. The first-order valence-electron chi connectivity index (χ1n) is 13.4. The number of nitrogens with one attached hydrogen (secondary N) is 1. The molecular formula is C27H58N2O4. The molecule has 0 aromatic carbocycles. The zero-order valence-electron chi connectivity index (χ0n) is 23.4. The Bertz CT molecular complexity index is 463. The van der Waals surface area contributed by atoms with Gasteiger partial charge in [-0.3, -0.25) is 0 Å². The van der Waals surface area contributed by atoms with Crippen molar-refractivity contribution in [2.45, 2.75) is 117 Å². The summed E-state index contributed by atoms with van der Waals surface area (Å²) < 4.78 is 23.8. The lowest BCUT2D eigenvalue weighted by atomic mass is 9.94. The normalized spacial score (nSPS) is 17.0. The fourth-order valence-electron chi connectivity index (χ4n) is 3.40. The quantitative estimate of drug-likeness (QED) is 0.195. The van der Waals surface area contributed by atoms with Crippen LogP contribution in [0.15, 0.2) is 0 Å². The van der Waals surface area contributed by atoms with Gasteiger partial charge in [-0.25, -0.2) is 0 Å². The summed E-state index contributed by atoms with van der Waals surface area (Å²) in [5.41, 5.74) is 5.24. The van der Waals surface area contributed by atoms with Gasteiger partial charge in [0, 0.05) is 45.1 Å². The van der Waals surface area contributed by atoms with Crippen molar-refractivity contribution in [1.29, 1.82) is 0 Å². The van der Waals surface area contributed by atoms with Gasteiger partial charge in [0.25, 0.3) is 0 Å². The summed E-state index contributed by atoms with van der Waals surface area (Å²) in [4.78, 5) is 0. The van der Waals surface area contributed by atoms with Crippen LogP contribution in [-0.4, -0.2) is 69.5 Å². The molecule has 6 heteroatoms. The molecule has 0 spiro atoms. The van der Waals surface area contributed by atoms with E-state index in [1.165, 1.54) is 6.42 Å². The van der Waals surface area contributed by atoms with Crippen molar-refractivity contribution in [3.63, 3.8) is 0 Å². The molecule has 6 nitrogen and oxygen atoms in total. The van der Waals surface area contributed by atoms with Gasteiger partial charge in [0.1, 0.15) is 0 Å². The second-order valence-electron chi connectivity index (χ2n) is 10.7. The van der Waals surface area contributed by atoms with Gasteiger partial charge in [0.2, 0.25) is 0 Å². The highest BCUT2D eigenvalue weighted by molar-refractivity contribution is 4.82. The van der Waals surface area contributed by atoms with Gasteiger partial charge < -0.3 is 30.0 Å². The Hall–Kier alpha value is -0.240. The third-order valence-corrected chi connectivity index (χ3v) is 7.12. The molecule has 3 unspecified atom stereocenters. The highest BCUT2D eigenvalue weighted by Crippen LogP contribution is 2.22. The summed E-state index contributed by atoms with van der Waals surface area (Å²) in [5.74, 6) is 0.730. The Balaban J connectivity index is 4.10. The molecule has 0 heterocycles. The van der Waals surface area contributed by atoms with Crippen LogP contribution in [0.1, 0.15) is 100 Å².